The number of carbonyl (C=O) groups is 1. The van der Waals surface area contributed by atoms with Gasteiger partial charge in [-0.15, -0.1) is 0 Å². The maximum atomic E-state index is 12.5. The summed E-state index contributed by atoms with van der Waals surface area (Å²) in [4.78, 5) is 32.6. The first-order chi connectivity index (χ1) is 16.3. The average Bonchev–Trinajstić information content (AvgIpc) is 3.48. The number of aliphatic hydroxyl groups excluding tert-OH is 1. The lowest BCUT2D eigenvalue weighted by Crippen LogP contribution is -2.41. The fourth-order valence-electron chi connectivity index (χ4n) is 4.24. The van der Waals surface area contributed by atoms with Gasteiger partial charge in [0.15, 0.2) is 5.82 Å². The summed E-state index contributed by atoms with van der Waals surface area (Å²) in [7, 11) is 0. The fourth-order valence-corrected chi connectivity index (χ4v) is 4.24. The zero-order chi connectivity index (χ0) is 23.9. The Morgan fingerprint density at radius 1 is 1.15 bits per heavy atom. The largest absolute Gasteiger partial charge is 0.510 e. The average molecular weight is 461 g/mol. The fraction of sp³-hybridized carbons (Fsp3) is 0.417. The molecular formula is C24H28N8O2. The Kier molecular flexibility index (Phi) is 5.51. The van der Waals surface area contributed by atoms with Crippen LogP contribution in [0.15, 0.2) is 41.3 Å². The third-order valence-corrected chi connectivity index (χ3v) is 6.24. The molecule has 2 aliphatic rings. The van der Waals surface area contributed by atoms with Crippen LogP contribution in [0.1, 0.15) is 55.6 Å². The van der Waals surface area contributed by atoms with Crippen molar-refractivity contribution in [2.24, 2.45) is 4.99 Å². The van der Waals surface area contributed by atoms with Gasteiger partial charge in [-0.3, -0.25) is 14.5 Å². The molecule has 2 aliphatic heterocycles. The highest BCUT2D eigenvalue weighted by Crippen LogP contribution is 2.25. The number of likely N-dealkylation sites (tertiary alicyclic amines) is 1. The molecule has 0 radical (unpaired) electrons. The number of nitrogens with zero attached hydrogens (tertiary/aromatic N) is 7. The quantitative estimate of drug-likeness (QED) is 0.619. The van der Waals surface area contributed by atoms with Crippen molar-refractivity contribution in [3.8, 4) is 11.4 Å². The van der Waals surface area contributed by atoms with Crippen LogP contribution in [0.5, 0.6) is 0 Å². The van der Waals surface area contributed by atoms with E-state index in [9.17, 15) is 9.90 Å². The summed E-state index contributed by atoms with van der Waals surface area (Å²) < 4.78 is 1.83. The molecule has 10 heteroatoms. The Morgan fingerprint density at radius 2 is 1.88 bits per heavy atom. The van der Waals surface area contributed by atoms with Gasteiger partial charge in [0.2, 0.25) is 11.4 Å². The van der Waals surface area contributed by atoms with Gasteiger partial charge in [-0.25, -0.2) is 15.0 Å². The van der Waals surface area contributed by atoms with Crippen molar-refractivity contribution in [1.82, 2.24) is 34.6 Å². The van der Waals surface area contributed by atoms with E-state index in [4.69, 9.17) is 9.98 Å². The molecular weight excluding hydrogens is 432 g/mol. The van der Waals surface area contributed by atoms with Gasteiger partial charge >= 0.3 is 0 Å². The number of nitrogens with one attached hydrogen (secondary N) is 1. The van der Waals surface area contributed by atoms with Crippen LogP contribution < -0.4 is 5.62 Å². The third kappa shape index (κ3) is 4.35. The number of H-pyrrole nitrogens is 1. The molecule has 0 bridgehead atoms. The lowest BCUT2D eigenvalue weighted by molar-refractivity contribution is 0.0702. The number of amides is 1. The number of aromatic amines is 1. The number of allylic oxidation sites excluding steroid dienone is 1. The number of aromatic nitrogens is 6. The van der Waals surface area contributed by atoms with Crippen LogP contribution in [0.25, 0.3) is 17.5 Å². The molecule has 0 saturated carbocycles. The molecule has 0 aliphatic carbocycles. The van der Waals surface area contributed by atoms with E-state index in [0.717, 1.165) is 5.56 Å². The van der Waals surface area contributed by atoms with Gasteiger partial charge in [0.05, 0.1) is 12.6 Å². The van der Waals surface area contributed by atoms with E-state index < -0.39 is 0 Å². The highest BCUT2D eigenvalue weighted by Gasteiger charge is 2.25. The van der Waals surface area contributed by atoms with Gasteiger partial charge in [0, 0.05) is 24.7 Å². The Bertz CT molecular complexity index is 1290. The molecule has 0 spiro atoms. The molecule has 0 unspecified atom stereocenters. The van der Waals surface area contributed by atoms with Gasteiger partial charge in [0.25, 0.3) is 5.91 Å². The van der Waals surface area contributed by atoms with E-state index in [-0.39, 0.29) is 28.9 Å². The lowest BCUT2D eigenvalue weighted by atomic mass is 9.87. The van der Waals surface area contributed by atoms with E-state index in [0.29, 0.717) is 49.7 Å². The standard InChI is InChI=1S/C24H28N8O2/c1-24(2,3)16-6-4-15(5-7-16)20-28-19-12-18(33)13-32(19)23(29-20)27-17-8-10-31(11-9-17)22(34)21-25-14-26-30-21/h4-7,12,14,17,33H,8-11,13H2,1-3H3,(H,25,26,30). The summed E-state index contributed by atoms with van der Waals surface area (Å²) in [5.74, 6) is 1.55. The molecule has 176 valence electrons. The van der Waals surface area contributed by atoms with Gasteiger partial charge in [-0.2, -0.15) is 10.1 Å². The van der Waals surface area contributed by atoms with Crippen LogP contribution >= 0.6 is 0 Å². The maximum absolute atomic E-state index is 12.5. The number of benzene rings is 1. The Morgan fingerprint density at radius 3 is 2.53 bits per heavy atom. The second-order valence-electron chi connectivity index (χ2n) is 9.74. The van der Waals surface area contributed by atoms with Crippen LogP contribution in [0.4, 0.5) is 0 Å². The number of hydrogen-bond donors (Lipinski definition) is 2. The number of rotatable bonds is 3. The lowest BCUT2D eigenvalue weighted by Gasteiger charge is -2.29. The van der Waals surface area contributed by atoms with Gasteiger partial charge in [0.1, 0.15) is 17.9 Å². The van der Waals surface area contributed by atoms with Crippen LogP contribution in [-0.4, -0.2) is 64.8 Å². The predicted molar refractivity (Wildman–Crippen MR) is 126 cm³/mol. The summed E-state index contributed by atoms with van der Waals surface area (Å²) in [5, 5.41) is 16.5. The smallest absolute Gasteiger partial charge is 0.291 e. The zero-order valence-corrected chi connectivity index (χ0v) is 19.6. The van der Waals surface area contributed by atoms with E-state index in [2.05, 4.69) is 53.1 Å². The highest BCUT2D eigenvalue weighted by molar-refractivity contribution is 5.90. The number of aliphatic hydroxyl groups is 1. The minimum atomic E-state index is -0.150. The Labute approximate surface area is 197 Å². The maximum Gasteiger partial charge on any atom is 0.291 e. The molecule has 0 atom stereocenters. The van der Waals surface area contributed by atoms with E-state index in [1.807, 2.05) is 16.7 Å². The van der Waals surface area contributed by atoms with Crippen LogP contribution in [0.3, 0.4) is 0 Å². The molecule has 1 saturated heterocycles. The van der Waals surface area contributed by atoms with E-state index in [1.54, 1.807) is 11.0 Å². The molecule has 5 rings (SSSR count). The SMILES string of the molecule is CC(C)(C)c1ccc(-c2nc3n(c(=NC4CCN(C(=O)c5ncn[nH]5)CC4)n2)CC(O)=C3)cc1. The van der Waals surface area contributed by atoms with Gasteiger partial charge in [-0.1, -0.05) is 45.0 Å². The van der Waals surface area contributed by atoms with Crippen molar-refractivity contribution < 1.29 is 9.90 Å². The molecule has 1 fully saturated rings. The van der Waals surface area contributed by atoms with Crippen molar-refractivity contribution >= 4 is 12.0 Å². The van der Waals surface area contributed by atoms with E-state index in [1.165, 1.54) is 11.9 Å². The van der Waals surface area contributed by atoms with Crippen molar-refractivity contribution in [2.75, 3.05) is 13.1 Å². The Balaban J connectivity index is 1.41. The molecule has 2 N–H and O–H groups in total. The van der Waals surface area contributed by atoms with E-state index >= 15 is 0 Å². The van der Waals surface area contributed by atoms with Crippen LogP contribution in [0, 0.1) is 0 Å². The summed E-state index contributed by atoms with van der Waals surface area (Å²) in [6, 6.07) is 8.28. The first-order valence-corrected chi connectivity index (χ1v) is 11.5. The second kappa shape index (κ2) is 8.51. The predicted octanol–water partition coefficient (Wildman–Crippen LogP) is 2.48. The topological polar surface area (TPSA) is 125 Å². The molecule has 1 aromatic carbocycles. The summed E-state index contributed by atoms with van der Waals surface area (Å²) >= 11 is 0. The molecule has 34 heavy (non-hydrogen) atoms. The van der Waals surface area contributed by atoms with Crippen molar-refractivity contribution in [1.29, 1.82) is 0 Å². The number of carbonyl (C=O) groups excluding carboxylic acids is 1. The van der Waals surface area contributed by atoms with Crippen molar-refractivity contribution in [2.45, 2.75) is 51.6 Å². The minimum absolute atomic E-state index is 0.0177. The van der Waals surface area contributed by atoms with Crippen molar-refractivity contribution in [3.63, 3.8) is 0 Å². The number of hydrogen-bond acceptors (Lipinski definition) is 7. The molecule has 3 aromatic rings. The van der Waals surface area contributed by atoms with Crippen molar-refractivity contribution in [3.05, 3.63) is 59.2 Å². The molecule has 4 heterocycles. The highest BCUT2D eigenvalue weighted by atomic mass is 16.3. The third-order valence-electron chi connectivity index (χ3n) is 6.24. The summed E-state index contributed by atoms with van der Waals surface area (Å²) in [6.07, 6.45) is 4.43. The number of piperidine rings is 1. The summed E-state index contributed by atoms with van der Waals surface area (Å²) in [5.41, 5.74) is 2.74. The second-order valence-corrected chi connectivity index (χ2v) is 9.74. The number of fused-ring (bicyclic) bond motifs is 1. The molecule has 10 nitrogen and oxygen atoms in total. The first kappa shape index (κ1) is 22.0. The minimum Gasteiger partial charge on any atom is -0.510 e. The van der Waals surface area contributed by atoms with Crippen LogP contribution in [0.2, 0.25) is 0 Å². The zero-order valence-electron chi connectivity index (χ0n) is 19.6. The van der Waals surface area contributed by atoms with Crippen LogP contribution in [-0.2, 0) is 12.0 Å². The first-order valence-electron chi connectivity index (χ1n) is 11.5. The monoisotopic (exact) mass is 460 g/mol. The normalized spacial score (nSPS) is 17.1. The van der Waals surface area contributed by atoms with Gasteiger partial charge in [-0.05, 0) is 23.8 Å². The summed E-state index contributed by atoms with van der Waals surface area (Å²) in [6.45, 7) is 8.01. The molecule has 2 aromatic heterocycles. The van der Waals surface area contributed by atoms with Gasteiger partial charge < -0.3 is 10.0 Å². The Hall–Kier alpha value is -3.82. The molecule has 1 amide bonds.